The number of carboxylic acid groups (broad SMARTS) is 1. The summed E-state index contributed by atoms with van der Waals surface area (Å²) in [5.74, 6) is -0.925. The largest absolute Gasteiger partial charge is 0.478 e. The molecule has 1 atom stereocenters. The minimum Gasteiger partial charge on any atom is -0.478 e. The molecule has 1 aromatic carbocycles. The molecule has 0 amide bonds. The highest BCUT2D eigenvalue weighted by Crippen LogP contribution is 2.24. The maximum absolute atomic E-state index is 11.2. The molecular formula is C16H16N2O2. The van der Waals surface area contributed by atoms with Gasteiger partial charge in [-0.25, -0.2) is 4.79 Å². The number of hydrogen-bond donors (Lipinski definition) is 2. The number of hydrogen-bond acceptors (Lipinski definition) is 3. The zero-order valence-electron chi connectivity index (χ0n) is 11.0. The molecule has 1 aromatic heterocycles. The van der Waals surface area contributed by atoms with E-state index in [4.69, 9.17) is 0 Å². The van der Waals surface area contributed by atoms with Crippen molar-refractivity contribution in [3.05, 3.63) is 59.4 Å². The van der Waals surface area contributed by atoms with Crippen molar-refractivity contribution in [2.45, 2.75) is 25.3 Å². The Labute approximate surface area is 117 Å². The van der Waals surface area contributed by atoms with Crippen LogP contribution in [-0.2, 0) is 12.8 Å². The molecule has 102 valence electrons. The fourth-order valence-corrected chi connectivity index (χ4v) is 2.74. The average Bonchev–Trinajstić information content (AvgIpc) is 2.47. The number of fused-ring (bicyclic) bond motifs is 1. The predicted octanol–water partition coefficient (Wildman–Crippen LogP) is 2.75. The average molecular weight is 268 g/mol. The van der Waals surface area contributed by atoms with Crippen LogP contribution in [0.15, 0.2) is 42.7 Å². The molecule has 0 aliphatic heterocycles. The number of nitrogens with one attached hydrogen (secondary N) is 1. The summed E-state index contributed by atoms with van der Waals surface area (Å²) in [6, 6.07) is 10.2. The predicted molar refractivity (Wildman–Crippen MR) is 77.1 cm³/mol. The summed E-state index contributed by atoms with van der Waals surface area (Å²) in [6.07, 6.45) is 6.04. The van der Waals surface area contributed by atoms with Crippen LogP contribution in [0.25, 0.3) is 0 Å². The van der Waals surface area contributed by atoms with E-state index in [1.54, 1.807) is 6.20 Å². The second-order valence-corrected chi connectivity index (χ2v) is 5.08. The van der Waals surface area contributed by atoms with Crippen LogP contribution in [-0.4, -0.2) is 22.1 Å². The van der Waals surface area contributed by atoms with Crippen LogP contribution in [0.4, 0.5) is 5.69 Å². The molecule has 1 unspecified atom stereocenters. The lowest BCUT2D eigenvalue weighted by atomic mass is 9.88. The lowest BCUT2D eigenvalue weighted by Crippen LogP contribution is -2.28. The zero-order valence-corrected chi connectivity index (χ0v) is 11.0. The molecule has 0 saturated carbocycles. The van der Waals surface area contributed by atoms with Crippen molar-refractivity contribution in [2.75, 3.05) is 5.32 Å². The Hall–Kier alpha value is -2.36. The summed E-state index contributed by atoms with van der Waals surface area (Å²) in [7, 11) is 0. The minimum absolute atomic E-state index is 0.257. The van der Waals surface area contributed by atoms with Gasteiger partial charge in [-0.05, 0) is 36.5 Å². The highest BCUT2D eigenvalue weighted by atomic mass is 16.4. The minimum atomic E-state index is -0.925. The summed E-state index contributed by atoms with van der Waals surface area (Å²) in [5, 5.41) is 12.5. The molecule has 1 heterocycles. The van der Waals surface area contributed by atoms with Crippen LogP contribution in [0.2, 0.25) is 0 Å². The Kier molecular flexibility index (Phi) is 3.37. The fraction of sp³-hybridized carbons (Fsp3) is 0.250. The molecule has 1 aliphatic rings. The Morgan fingerprint density at radius 3 is 2.85 bits per heavy atom. The third kappa shape index (κ3) is 2.50. The number of benzene rings is 1. The zero-order chi connectivity index (χ0) is 13.9. The molecule has 1 aliphatic carbocycles. The van der Waals surface area contributed by atoms with E-state index in [1.165, 1.54) is 23.4 Å². The summed E-state index contributed by atoms with van der Waals surface area (Å²) in [5.41, 5.74) is 3.62. The van der Waals surface area contributed by atoms with Crippen molar-refractivity contribution in [3.63, 3.8) is 0 Å². The van der Waals surface area contributed by atoms with E-state index in [0.717, 1.165) is 19.3 Å². The van der Waals surface area contributed by atoms with Crippen molar-refractivity contribution in [1.82, 2.24) is 4.98 Å². The van der Waals surface area contributed by atoms with Gasteiger partial charge in [0.15, 0.2) is 0 Å². The Bertz CT molecular complexity index is 640. The second kappa shape index (κ2) is 5.33. The maximum Gasteiger partial charge on any atom is 0.337 e. The molecule has 0 saturated heterocycles. The number of aromatic carboxylic acids is 1. The first-order valence-corrected chi connectivity index (χ1v) is 6.74. The van der Waals surface area contributed by atoms with Crippen LogP contribution >= 0.6 is 0 Å². The number of pyridine rings is 1. The van der Waals surface area contributed by atoms with Gasteiger partial charge in [-0.2, -0.15) is 0 Å². The van der Waals surface area contributed by atoms with Crippen molar-refractivity contribution in [2.24, 2.45) is 0 Å². The molecule has 4 heteroatoms. The van der Waals surface area contributed by atoms with Gasteiger partial charge in [0.2, 0.25) is 0 Å². The SMILES string of the molecule is O=C(O)c1ccncc1NC1CCc2ccccc2C1. The molecule has 0 fully saturated rings. The number of carboxylic acids is 1. The molecular weight excluding hydrogens is 252 g/mol. The molecule has 4 nitrogen and oxygen atoms in total. The smallest absolute Gasteiger partial charge is 0.337 e. The number of anilines is 1. The Morgan fingerprint density at radius 2 is 2.05 bits per heavy atom. The fourth-order valence-electron chi connectivity index (χ4n) is 2.74. The van der Waals surface area contributed by atoms with Crippen molar-refractivity contribution < 1.29 is 9.90 Å². The van der Waals surface area contributed by atoms with E-state index in [0.29, 0.717) is 5.69 Å². The molecule has 3 rings (SSSR count). The van der Waals surface area contributed by atoms with Gasteiger partial charge in [-0.1, -0.05) is 24.3 Å². The van der Waals surface area contributed by atoms with Crippen LogP contribution in [0, 0.1) is 0 Å². The van der Waals surface area contributed by atoms with Gasteiger partial charge in [-0.15, -0.1) is 0 Å². The number of aromatic nitrogens is 1. The standard InChI is InChI=1S/C16H16N2O2/c19-16(20)14-7-8-17-10-15(14)18-13-6-5-11-3-1-2-4-12(11)9-13/h1-4,7-8,10,13,18H,5-6,9H2,(H,19,20). The van der Waals surface area contributed by atoms with Gasteiger partial charge in [0, 0.05) is 12.2 Å². The number of nitrogens with zero attached hydrogens (tertiary/aromatic N) is 1. The summed E-state index contributed by atoms with van der Waals surface area (Å²) in [6.45, 7) is 0. The van der Waals surface area contributed by atoms with E-state index >= 15 is 0 Å². The first-order valence-electron chi connectivity index (χ1n) is 6.74. The van der Waals surface area contributed by atoms with Crippen molar-refractivity contribution >= 4 is 11.7 Å². The lowest BCUT2D eigenvalue weighted by molar-refractivity contribution is 0.0697. The molecule has 0 radical (unpaired) electrons. The van der Waals surface area contributed by atoms with E-state index in [1.807, 2.05) is 6.07 Å². The third-order valence-electron chi connectivity index (χ3n) is 3.76. The number of rotatable bonds is 3. The highest BCUT2D eigenvalue weighted by molar-refractivity contribution is 5.93. The van der Waals surface area contributed by atoms with Crippen LogP contribution in [0.3, 0.4) is 0 Å². The molecule has 20 heavy (non-hydrogen) atoms. The molecule has 2 aromatic rings. The van der Waals surface area contributed by atoms with Gasteiger partial charge < -0.3 is 10.4 Å². The monoisotopic (exact) mass is 268 g/mol. The first-order chi connectivity index (χ1) is 9.74. The normalized spacial score (nSPS) is 17.3. The molecule has 0 bridgehead atoms. The van der Waals surface area contributed by atoms with E-state index in [2.05, 4.69) is 28.5 Å². The highest BCUT2D eigenvalue weighted by Gasteiger charge is 2.20. The molecule has 0 spiro atoms. The lowest BCUT2D eigenvalue weighted by Gasteiger charge is -2.26. The quantitative estimate of drug-likeness (QED) is 0.898. The van der Waals surface area contributed by atoms with E-state index in [9.17, 15) is 9.90 Å². The molecule has 2 N–H and O–H groups in total. The van der Waals surface area contributed by atoms with Crippen molar-refractivity contribution in [1.29, 1.82) is 0 Å². The summed E-state index contributed by atoms with van der Waals surface area (Å²) >= 11 is 0. The van der Waals surface area contributed by atoms with E-state index in [-0.39, 0.29) is 11.6 Å². The topological polar surface area (TPSA) is 62.2 Å². The Balaban J connectivity index is 1.79. The van der Waals surface area contributed by atoms with Gasteiger partial charge in [-0.3, -0.25) is 4.98 Å². The summed E-state index contributed by atoms with van der Waals surface area (Å²) in [4.78, 5) is 15.2. The van der Waals surface area contributed by atoms with Gasteiger partial charge in [0.05, 0.1) is 17.4 Å². The Morgan fingerprint density at radius 1 is 1.25 bits per heavy atom. The van der Waals surface area contributed by atoms with Crippen LogP contribution in [0.5, 0.6) is 0 Å². The van der Waals surface area contributed by atoms with E-state index < -0.39 is 5.97 Å². The second-order valence-electron chi connectivity index (χ2n) is 5.08. The van der Waals surface area contributed by atoms with Gasteiger partial charge >= 0.3 is 5.97 Å². The van der Waals surface area contributed by atoms with Crippen LogP contribution in [0.1, 0.15) is 27.9 Å². The number of aryl methyl sites for hydroxylation is 1. The maximum atomic E-state index is 11.2. The van der Waals surface area contributed by atoms with Crippen LogP contribution < -0.4 is 5.32 Å². The number of carbonyl (C=O) groups is 1. The van der Waals surface area contributed by atoms with Crippen molar-refractivity contribution in [3.8, 4) is 0 Å². The summed E-state index contributed by atoms with van der Waals surface area (Å²) < 4.78 is 0. The third-order valence-corrected chi connectivity index (χ3v) is 3.76. The first kappa shape index (κ1) is 12.7. The van der Waals surface area contributed by atoms with Gasteiger partial charge in [0.1, 0.15) is 0 Å². The van der Waals surface area contributed by atoms with Gasteiger partial charge in [0.25, 0.3) is 0 Å².